The Balaban J connectivity index is 0.000000349. The number of hydrogen-bond acceptors (Lipinski definition) is 2. The molecule has 6 aromatic rings. The van der Waals surface area contributed by atoms with E-state index in [2.05, 4.69) is 167 Å². The smallest absolute Gasteiger partial charge is 0.675 e. The van der Waals surface area contributed by atoms with Gasteiger partial charge in [0.2, 0.25) is 0 Å². The molecule has 3 nitrogen and oxygen atoms in total. The molecule has 1 aliphatic rings. The number of benzene rings is 4. The summed E-state index contributed by atoms with van der Waals surface area (Å²) in [4.78, 5) is 4.96. The molecule has 276 valence electrons. The Bertz CT molecular complexity index is 2190. The molecule has 1 aliphatic carbocycles. The first-order chi connectivity index (χ1) is 23.9. The summed E-state index contributed by atoms with van der Waals surface area (Å²) in [6.07, 6.45) is 4.61. The van der Waals surface area contributed by atoms with Gasteiger partial charge in [0, 0.05) is 32.1 Å². The zero-order valence-corrected chi connectivity index (χ0v) is 36.9. The summed E-state index contributed by atoms with van der Waals surface area (Å²) >= 11 is 1.98. The maximum atomic E-state index is 4.96. The van der Waals surface area contributed by atoms with E-state index in [1.54, 1.807) is 5.56 Å². The van der Waals surface area contributed by atoms with Gasteiger partial charge in [-0.2, -0.15) is 0 Å². The fraction of sp³-hybridized carbons (Fsp3) is 0.468. The molecule has 0 amide bonds. The van der Waals surface area contributed by atoms with Gasteiger partial charge in [-0.3, -0.25) is 4.98 Å². The summed E-state index contributed by atoms with van der Waals surface area (Å²) in [5.41, 5.74) is 6.94. The van der Waals surface area contributed by atoms with Gasteiger partial charge in [0.1, 0.15) is 0 Å². The number of rotatable bonds is 6. The molecule has 0 saturated carbocycles. The van der Waals surface area contributed by atoms with Crippen LogP contribution < -0.4 is 0 Å². The molecule has 0 unspecified atom stereocenters. The molecule has 0 saturated heterocycles. The van der Waals surface area contributed by atoms with Gasteiger partial charge in [-0.15, -0.1) is 52.6 Å². The first-order valence-corrected chi connectivity index (χ1v) is 19.8. The number of nitrogens with zero attached hydrogens (tertiary/aromatic N) is 3. The third kappa shape index (κ3) is 8.05. The van der Waals surface area contributed by atoms with Gasteiger partial charge in [0.15, 0.2) is 0 Å². The van der Waals surface area contributed by atoms with Crippen molar-refractivity contribution in [3.8, 4) is 11.3 Å². The van der Waals surface area contributed by atoms with Crippen molar-refractivity contribution in [1.29, 1.82) is 0 Å². The second-order valence-corrected chi connectivity index (χ2v) is 19.1. The zero-order chi connectivity index (χ0) is 37.0. The van der Waals surface area contributed by atoms with Gasteiger partial charge >= 0.3 is 20.1 Å². The zero-order valence-electron chi connectivity index (χ0n) is 33.7. The number of aromatic nitrogens is 1. The minimum atomic E-state index is 0. The van der Waals surface area contributed by atoms with Gasteiger partial charge in [0.25, 0.3) is 0 Å². The van der Waals surface area contributed by atoms with Crippen LogP contribution in [-0.4, -0.2) is 23.2 Å². The molecule has 5 heteroatoms. The van der Waals surface area contributed by atoms with E-state index in [0.717, 1.165) is 16.6 Å². The van der Waals surface area contributed by atoms with E-state index in [0.29, 0.717) is 18.0 Å². The second-order valence-electron chi connectivity index (χ2n) is 18.0. The van der Waals surface area contributed by atoms with Crippen LogP contribution in [0, 0.1) is 12.0 Å². The van der Waals surface area contributed by atoms with Gasteiger partial charge in [-0.25, -0.2) is 6.17 Å². The SMILES string of the molecule is CC(C)(C)c1cc(-c2nccc3cc4sc5c6c(ccc5c4cc23)C(C)(C)CCC6(C)C)[c-]c2ccccc12.CC(C)[N-]C([N-]C(C)C)C(C)C.[Ir+3]. The average Bonchev–Trinajstić information content (AvgIpc) is 3.41. The molecular formula is C47H58IrN3S. The van der Waals surface area contributed by atoms with E-state index in [4.69, 9.17) is 4.98 Å². The third-order valence-corrected chi connectivity index (χ3v) is 11.8. The molecule has 52 heavy (non-hydrogen) atoms. The van der Waals surface area contributed by atoms with Crippen molar-refractivity contribution in [1.82, 2.24) is 4.98 Å². The quantitative estimate of drug-likeness (QED) is 0.154. The fourth-order valence-corrected chi connectivity index (χ4v) is 9.27. The maximum absolute atomic E-state index is 4.96. The van der Waals surface area contributed by atoms with Crippen LogP contribution >= 0.6 is 11.3 Å². The van der Waals surface area contributed by atoms with Crippen molar-refractivity contribution in [3.63, 3.8) is 0 Å². The molecular weight excluding hydrogens is 831 g/mol. The van der Waals surface area contributed by atoms with Crippen molar-refractivity contribution in [2.75, 3.05) is 0 Å². The third-order valence-electron chi connectivity index (χ3n) is 10.6. The molecule has 0 N–H and O–H groups in total. The molecule has 0 spiro atoms. The number of thiophene rings is 1. The number of hydrogen-bond donors (Lipinski definition) is 0. The predicted molar refractivity (Wildman–Crippen MR) is 226 cm³/mol. The summed E-state index contributed by atoms with van der Waals surface area (Å²) in [6.45, 7) is 29.3. The van der Waals surface area contributed by atoms with Gasteiger partial charge in [0.05, 0.1) is 0 Å². The molecule has 2 heterocycles. The van der Waals surface area contributed by atoms with E-state index in [1.807, 2.05) is 17.5 Å². The summed E-state index contributed by atoms with van der Waals surface area (Å²) in [5.74, 6) is 0.523. The Kier molecular flexibility index (Phi) is 11.9. The Morgan fingerprint density at radius 1 is 0.750 bits per heavy atom. The summed E-state index contributed by atoms with van der Waals surface area (Å²) in [7, 11) is 0. The normalized spacial score (nSPS) is 15.5. The van der Waals surface area contributed by atoms with Gasteiger partial charge in [-0.05, 0) is 63.1 Å². The first-order valence-electron chi connectivity index (χ1n) is 19.0. The van der Waals surface area contributed by atoms with Crippen LogP contribution in [0.2, 0.25) is 0 Å². The molecule has 0 aliphatic heterocycles. The molecule has 0 fully saturated rings. The molecule has 7 rings (SSSR count). The first kappa shape index (κ1) is 40.5. The van der Waals surface area contributed by atoms with E-state index >= 15 is 0 Å². The van der Waals surface area contributed by atoms with Crippen LogP contribution in [0.4, 0.5) is 0 Å². The van der Waals surface area contributed by atoms with E-state index in [1.165, 1.54) is 60.3 Å². The Hall–Kier alpha value is -2.66. The minimum Gasteiger partial charge on any atom is -0.675 e. The fourth-order valence-electron chi connectivity index (χ4n) is 7.81. The minimum absolute atomic E-state index is 0. The molecule has 0 radical (unpaired) electrons. The summed E-state index contributed by atoms with van der Waals surface area (Å²) < 4.78 is 2.83. The molecule has 4 aromatic carbocycles. The largest absolute Gasteiger partial charge is 3.00 e. The Morgan fingerprint density at radius 2 is 1.40 bits per heavy atom. The van der Waals surface area contributed by atoms with Crippen LogP contribution in [0.3, 0.4) is 0 Å². The van der Waals surface area contributed by atoms with Crippen molar-refractivity contribution < 1.29 is 20.1 Å². The van der Waals surface area contributed by atoms with Gasteiger partial charge < -0.3 is 10.6 Å². The molecule has 2 aromatic heterocycles. The van der Waals surface area contributed by atoms with Crippen molar-refractivity contribution in [2.45, 2.75) is 137 Å². The van der Waals surface area contributed by atoms with Crippen LogP contribution in [0.1, 0.15) is 120 Å². The average molecular weight is 889 g/mol. The Morgan fingerprint density at radius 3 is 2.04 bits per heavy atom. The summed E-state index contributed by atoms with van der Waals surface area (Å²) in [6, 6.07) is 27.2. The van der Waals surface area contributed by atoms with Crippen molar-refractivity contribution in [2.24, 2.45) is 5.92 Å². The molecule has 0 atom stereocenters. The Labute approximate surface area is 331 Å². The van der Waals surface area contributed by atoms with Crippen LogP contribution in [-0.2, 0) is 36.4 Å². The maximum Gasteiger partial charge on any atom is 3.00 e. The van der Waals surface area contributed by atoms with E-state index in [-0.39, 0.29) is 42.5 Å². The monoisotopic (exact) mass is 889 g/mol. The van der Waals surface area contributed by atoms with Crippen LogP contribution in [0.25, 0.3) is 63.6 Å². The van der Waals surface area contributed by atoms with Crippen LogP contribution in [0.5, 0.6) is 0 Å². The predicted octanol–water partition coefficient (Wildman–Crippen LogP) is 14.4. The van der Waals surface area contributed by atoms with Gasteiger partial charge in [-0.1, -0.05) is 143 Å². The topological polar surface area (TPSA) is 41.1 Å². The van der Waals surface area contributed by atoms with E-state index in [9.17, 15) is 0 Å². The number of pyridine rings is 1. The second kappa shape index (κ2) is 15.2. The summed E-state index contributed by atoms with van der Waals surface area (Å²) in [5, 5.41) is 16.7. The van der Waals surface area contributed by atoms with Crippen molar-refractivity contribution >= 4 is 53.1 Å². The molecule has 0 bridgehead atoms. The van der Waals surface area contributed by atoms with Crippen molar-refractivity contribution in [3.05, 3.63) is 100 Å². The standard InChI is InChI=1S/C37H36NS.C10H22N2.Ir/c1-35(2,3)30-19-24(18-22-10-8-9-11-25(22)30)33-27-21-28-26-12-13-29-32(37(6,7)16-15-36(29,4)5)34(26)39-31(28)20-23(27)14-17-38-33;1-7(2)10(11-8(3)4)12-9(5)6;/h8-14,17,19-21H,15-16H2,1-7H3;7-10H,1-6H3;/q-1;-2;+3. The van der Waals surface area contributed by atoms with Crippen LogP contribution in [0.15, 0.2) is 66.9 Å². The number of fused-ring (bicyclic) bond motifs is 7. The van der Waals surface area contributed by atoms with E-state index < -0.39 is 0 Å².